The van der Waals surface area contributed by atoms with Gasteiger partial charge in [-0.25, -0.2) is 0 Å². The molecule has 7 heteroatoms. The second-order valence-corrected chi connectivity index (χ2v) is 4.75. The first-order chi connectivity index (χ1) is 10.2. The van der Waals surface area contributed by atoms with Crippen molar-refractivity contribution in [2.24, 2.45) is 0 Å². The van der Waals surface area contributed by atoms with Crippen molar-refractivity contribution in [1.29, 1.82) is 0 Å². The lowest BCUT2D eigenvalue weighted by molar-refractivity contribution is 0.0994. The first-order valence-corrected chi connectivity index (χ1v) is 6.56. The Balaban J connectivity index is 1.68. The number of nitrogens with one attached hydrogen (secondary N) is 1. The van der Waals surface area contributed by atoms with Crippen LogP contribution in [0.15, 0.2) is 53.5 Å². The predicted octanol–water partition coefficient (Wildman–Crippen LogP) is 2.83. The Morgan fingerprint density at radius 3 is 2.81 bits per heavy atom. The molecule has 0 aliphatic carbocycles. The first-order valence-electron chi connectivity index (χ1n) is 6.19. The second kappa shape index (κ2) is 5.80. The van der Waals surface area contributed by atoms with Crippen LogP contribution >= 0.6 is 11.6 Å². The van der Waals surface area contributed by atoms with E-state index in [1.807, 2.05) is 0 Å². The van der Waals surface area contributed by atoms with Gasteiger partial charge in [0.25, 0.3) is 5.91 Å². The van der Waals surface area contributed by atoms with Crippen LogP contribution in [0.25, 0.3) is 0 Å². The fourth-order valence-electron chi connectivity index (χ4n) is 1.80. The first kappa shape index (κ1) is 13.4. The van der Waals surface area contributed by atoms with Gasteiger partial charge in [0.05, 0.1) is 17.8 Å². The third-order valence-corrected chi connectivity index (χ3v) is 2.94. The summed E-state index contributed by atoms with van der Waals surface area (Å²) in [5.74, 6) is 0.542. The SMILES string of the molecule is O=C(Nc1ccncc1)c1ccc(Cn2cc(Cl)cn2)o1. The lowest BCUT2D eigenvalue weighted by Crippen LogP contribution is -2.10. The van der Waals surface area contributed by atoms with Crippen molar-refractivity contribution in [2.75, 3.05) is 5.32 Å². The third-order valence-electron chi connectivity index (χ3n) is 2.74. The Bertz CT molecular complexity index is 751. The maximum atomic E-state index is 12.0. The molecule has 1 amide bonds. The van der Waals surface area contributed by atoms with Gasteiger partial charge in [0, 0.05) is 24.3 Å². The summed E-state index contributed by atoms with van der Waals surface area (Å²) in [5, 5.41) is 7.33. The van der Waals surface area contributed by atoms with Crippen molar-refractivity contribution in [3.05, 3.63) is 65.6 Å². The highest BCUT2D eigenvalue weighted by molar-refractivity contribution is 6.30. The van der Waals surface area contributed by atoms with Gasteiger partial charge in [-0.05, 0) is 24.3 Å². The summed E-state index contributed by atoms with van der Waals surface area (Å²) in [6.07, 6.45) is 6.43. The standard InChI is InChI=1S/C14H11ClN4O2/c15-10-7-17-19(8-10)9-12-1-2-13(21-12)14(20)18-11-3-5-16-6-4-11/h1-8H,9H2,(H,16,18,20). The highest BCUT2D eigenvalue weighted by Crippen LogP contribution is 2.13. The van der Waals surface area contributed by atoms with Gasteiger partial charge < -0.3 is 9.73 Å². The Labute approximate surface area is 125 Å². The van der Waals surface area contributed by atoms with Crippen LogP contribution in [0.5, 0.6) is 0 Å². The van der Waals surface area contributed by atoms with Crippen LogP contribution in [0.4, 0.5) is 5.69 Å². The summed E-state index contributed by atoms with van der Waals surface area (Å²) in [5.41, 5.74) is 0.659. The van der Waals surface area contributed by atoms with Crippen LogP contribution in [0.2, 0.25) is 5.02 Å². The number of amides is 1. The van der Waals surface area contributed by atoms with Gasteiger partial charge in [0.2, 0.25) is 0 Å². The lowest BCUT2D eigenvalue weighted by atomic mass is 10.3. The normalized spacial score (nSPS) is 10.5. The van der Waals surface area contributed by atoms with Gasteiger partial charge in [-0.1, -0.05) is 11.6 Å². The zero-order valence-corrected chi connectivity index (χ0v) is 11.6. The molecule has 6 nitrogen and oxygen atoms in total. The van der Waals surface area contributed by atoms with E-state index in [0.29, 0.717) is 23.0 Å². The molecule has 0 spiro atoms. The molecule has 0 atom stereocenters. The number of carbonyl (C=O) groups excluding carboxylic acids is 1. The minimum Gasteiger partial charge on any atom is -0.454 e. The molecule has 0 bridgehead atoms. The van der Waals surface area contributed by atoms with E-state index in [2.05, 4.69) is 15.4 Å². The molecule has 0 saturated heterocycles. The van der Waals surface area contributed by atoms with Gasteiger partial charge in [0.1, 0.15) is 5.76 Å². The zero-order chi connectivity index (χ0) is 14.7. The molecular formula is C14H11ClN4O2. The highest BCUT2D eigenvalue weighted by Gasteiger charge is 2.12. The number of aromatic nitrogens is 3. The van der Waals surface area contributed by atoms with Gasteiger partial charge in [0.15, 0.2) is 5.76 Å². The van der Waals surface area contributed by atoms with E-state index in [-0.39, 0.29) is 11.7 Å². The van der Waals surface area contributed by atoms with Gasteiger partial charge in [-0.3, -0.25) is 14.5 Å². The van der Waals surface area contributed by atoms with E-state index in [9.17, 15) is 4.79 Å². The van der Waals surface area contributed by atoms with Gasteiger partial charge >= 0.3 is 0 Å². The summed E-state index contributed by atoms with van der Waals surface area (Å²) in [4.78, 5) is 15.9. The van der Waals surface area contributed by atoms with E-state index in [4.69, 9.17) is 16.0 Å². The number of hydrogen-bond donors (Lipinski definition) is 1. The number of hydrogen-bond acceptors (Lipinski definition) is 4. The largest absolute Gasteiger partial charge is 0.454 e. The fraction of sp³-hybridized carbons (Fsp3) is 0.0714. The molecule has 0 fully saturated rings. The number of halogens is 1. The Kier molecular flexibility index (Phi) is 3.70. The van der Waals surface area contributed by atoms with Crippen LogP contribution in [0, 0.1) is 0 Å². The van der Waals surface area contributed by atoms with Crippen molar-refractivity contribution in [2.45, 2.75) is 6.54 Å². The molecule has 0 unspecified atom stereocenters. The average Bonchev–Trinajstić information content (AvgIpc) is 3.10. The molecule has 0 radical (unpaired) electrons. The Morgan fingerprint density at radius 1 is 1.29 bits per heavy atom. The third kappa shape index (κ3) is 3.29. The molecule has 0 aliphatic heterocycles. The molecule has 1 N–H and O–H groups in total. The molecule has 3 aromatic rings. The van der Waals surface area contributed by atoms with Gasteiger partial charge in [-0.15, -0.1) is 0 Å². The van der Waals surface area contributed by atoms with E-state index >= 15 is 0 Å². The molecule has 21 heavy (non-hydrogen) atoms. The van der Waals surface area contributed by atoms with E-state index in [1.54, 1.807) is 53.7 Å². The molecule has 0 saturated carbocycles. The van der Waals surface area contributed by atoms with Crippen LogP contribution in [-0.2, 0) is 6.54 Å². The molecule has 0 aromatic carbocycles. The second-order valence-electron chi connectivity index (χ2n) is 4.31. The maximum absolute atomic E-state index is 12.0. The van der Waals surface area contributed by atoms with E-state index in [0.717, 1.165) is 0 Å². The minimum absolute atomic E-state index is 0.236. The highest BCUT2D eigenvalue weighted by atomic mass is 35.5. The summed E-state index contributed by atoms with van der Waals surface area (Å²) < 4.78 is 7.13. The van der Waals surface area contributed by atoms with Crippen LogP contribution in [-0.4, -0.2) is 20.7 Å². The van der Waals surface area contributed by atoms with Crippen molar-refractivity contribution in [3.63, 3.8) is 0 Å². The van der Waals surface area contributed by atoms with Gasteiger partial charge in [-0.2, -0.15) is 5.10 Å². The van der Waals surface area contributed by atoms with E-state index < -0.39 is 0 Å². The number of carbonyl (C=O) groups is 1. The van der Waals surface area contributed by atoms with Crippen molar-refractivity contribution < 1.29 is 9.21 Å². The number of rotatable bonds is 4. The number of furan rings is 1. The molecule has 0 aliphatic rings. The fourth-order valence-corrected chi connectivity index (χ4v) is 1.95. The molecule has 3 aromatic heterocycles. The van der Waals surface area contributed by atoms with Crippen molar-refractivity contribution in [3.8, 4) is 0 Å². The summed E-state index contributed by atoms with van der Waals surface area (Å²) in [7, 11) is 0. The molecule has 3 rings (SSSR count). The molecule has 106 valence electrons. The Hall–Kier alpha value is -2.60. The average molecular weight is 303 g/mol. The smallest absolute Gasteiger partial charge is 0.291 e. The van der Waals surface area contributed by atoms with Crippen LogP contribution < -0.4 is 5.32 Å². The van der Waals surface area contributed by atoms with Crippen LogP contribution in [0.3, 0.4) is 0 Å². The number of anilines is 1. The molecular weight excluding hydrogens is 292 g/mol. The minimum atomic E-state index is -0.314. The summed E-state index contributed by atoms with van der Waals surface area (Å²) >= 11 is 5.79. The monoisotopic (exact) mass is 302 g/mol. The van der Waals surface area contributed by atoms with E-state index in [1.165, 1.54) is 0 Å². The maximum Gasteiger partial charge on any atom is 0.291 e. The molecule has 3 heterocycles. The zero-order valence-electron chi connectivity index (χ0n) is 10.9. The lowest BCUT2D eigenvalue weighted by Gasteiger charge is -2.02. The topological polar surface area (TPSA) is 73.0 Å². The van der Waals surface area contributed by atoms with Crippen molar-refractivity contribution in [1.82, 2.24) is 14.8 Å². The number of nitrogens with zero attached hydrogens (tertiary/aromatic N) is 3. The Morgan fingerprint density at radius 2 is 2.10 bits per heavy atom. The number of pyridine rings is 1. The summed E-state index contributed by atoms with van der Waals surface area (Å²) in [6.45, 7) is 0.412. The van der Waals surface area contributed by atoms with Crippen LogP contribution in [0.1, 0.15) is 16.3 Å². The quantitative estimate of drug-likeness (QED) is 0.804. The van der Waals surface area contributed by atoms with Crippen molar-refractivity contribution >= 4 is 23.2 Å². The summed E-state index contributed by atoms with van der Waals surface area (Å²) in [6, 6.07) is 6.76. The predicted molar refractivity (Wildman–Crippen MR) is 77.2 cm³/mol.